The van der Waals surface area contributed by atoms with Gasteiger partial charge < -0.3 is 9.47 Å². The molecule has 0 radical (unpaired) electrons. The van der Waals surface area contributed by atoms with Gasteiger partial charge in [0.15, 0.2) is 0 Å². The molecule has 0 atom stereocenters. The molecule has 0 bridgehead atoms. The van der Waals surface area contributed by atoms with Crippen LogP contribution < -0.4 is 9.47 Å². The van der Waals surface area contributed by atoms with Gasteiger partial charge in [-0.3, -0.25) is 19.5 Å². The third-order valence-electron chi connectivity index (χ3n) is 4.55. The maximum absolute atomic E-state index is 12.6. The molecular formula is C20H16N2O4. The Hall–Kier alpha value is -3.41. The summed E-state index contributed by atoms with van der Waals surface area (Å²) in [6.45, 7) is 0.0627. The van der Waals surface area contributed by atoms with Crippen LogP contribution in [0.15, 0.2) is 48.7 Å². The van der Waals surface area contributed by atoms with Crippen LogP contribution in [0, 0.1) is 0 Å². The average Bonchev–Trinajstić information content (AvgIpc) is 2.92. The minimum atomic E-state index is -0.314. The Labute approximate surface area is 150 Å². The first-order valence-corrected chi connectivity index (χ1v) is 8.09. The molecule has 2 aromatic carbocycles. The molecule has 6 nitrogen and oxygen atoms in total. The van der Waals surface area contributed by atoms with Crippen molar-refractivity contribution in [1.29, 1.82) is 0 Å². The quantitative estimate of drug-likeness (QED) is 0.678. The summed E-state index contributed by atoms with van der Waals surface area (Å²) in [5, 5.41) is 1.54. The topological polar surface area (TPSA) is 68.7 Å². The Morgan fingerprint density at radius 1 is 0.885 bits per heavy atom. The molecule has 2 heterocycles. The molecule has 1 aromatic heterocycles. The number of nitrogens with zero attached hydrogens (tertiary/aromatic N) is 2. The van der Waals surface area contributed by atoms with Gasteiger partial charge >= 0.3 is 0 Å². The summed E-state index contributed by atoms with van der Waals surface area (Å²) in [4.78, 5) is 30.9. The van der Waals surface area contributed by atoms with Crippen LogP contribution in [0.2, 0.25) is 0 Å². The molecule has 0 fully saturated rings. The molecule has 0 saturated carbocycles. The van der Waals surface area contributed by atoms with Crippen molar-refractivity contribution in [2.75, 3.05) is 14.2 Å². The number of rotatable bonds is 4. The van der Waals surface area contributed by atoms with Crippen molar-refractivity contribution in [2.45, 2.75) is 6.54 Å². The van der Waals surface area contributed by atoms with Crippen LogP contribution in [0.25, 0.3) is 10.8 Å². The molecule has 1 aliphatic rings. The monoisotopic (exact) mass is 348 g/mol. The number of aromatic nitrogens is 1. The fourth-order valence-electron chi connectivity index (χ4n) is 3.31. The molecule has 0 unspecified atom stereocenters. The highest BCUT2D eigenvalue weighted by molar-refractivity contribution is 6.21. The van der Waals surface area contributed by atoms with Crippen molar-refractivity contribution in [1.82, 2.24) is 9.88 Å². The van der Waals surface area contributed by atoms with Gasteiger partial charge in [-0.1, -0.05) is 12.1 Å². The van der Waals surface area contributed by atoms with Crippen LogP contribution in [0.1, 0.15) is 26.4 Å². The number of imide groups is 1. The first kappa shape index (κ1) is 16.1. The highest BCUT2D eigenvalue weighted by Crippen LogP contribution is 2.35. The molecule has 3 aromatic rings. The smallest absolute Gasteiger partial charge is 0.261 e. The zero-order valence-electron chi connectivity index (χ0n) is 14.4. The van der Waals surface area contributed by atoms with Crippen LogP contribution in [0.4, 0.5) is 0 Å². The second-order valence-corrected chi connectivity index (χ2v) is 5.89. The molecular weight excluding hydrogens is 332 g/mol. The Bertz CT molecular complexity index is 1010. The molecule has 6 heteroatoms. The predicted molar refractivity (Wildman–Crippen MR) is 95.5 cm³/mol. The number of benzene rings is 2. The lowest BCUT2D eigenvalue weighted by atomic mass is 10.1. The van der Waals surface area contributed by atoms with Gasteiger partial charge in [0.1, 0.15) is 11.5 Å². The third kappa shape index (κ3) is 2.30. The van der Waals surface area contributed by atoms with Crippen molar-refractivity contribution in [3.63, 3.8) is 0 Å². The molecule has 0 saturated heterocycles. The lowest BCUT2D eigenvalue weighted by Gasteiger charge is -2.17. The Morgan fingerprint density at radius 2 is 1.50 bits per heavy atom. The number of carbonyl (C=O) groups is 2. The van der Waals surface area contributed by atoms with Crippen molar-refractivity contribution in [3.05, 3.63) is 65.5 Å². The lowest BCUT2D eigenvalue weighted by molar-refractivity contribution is 0.0641. The van der Waals surface area contributed by atoms with Crippen LogP contribution in [-0.2, 0) is 6.54 Å². The minimum Gasteiger partial charge on any atom is -0.496 e. The zero-order chi connectivity index (χ0) is 18.3. The second kappa shape index (κ2) is 6.15. The van der Waals surface area contributed by atoms with E-state index >= 15 is 0 Å². The molecule has 0 N–H and O–H groups in total. The summed E-state index contributed by atoms with van der Waals surface area (Å²) in [6, 6.07) is 12.2. The van der Waals surface area contributed by atoms with Gasteiger partial charge in [0.2, 0.25) is 0 Å². The van der Waals surface area contributed by atoms with Crippen LogP contribution >= 0.6 is 0 Å². The largest absolute Gasteiger partial charge is 0.496 e. The fourth-order valence-corrected chi connectivity index (χ4v) is 3.31. The maximum Gasteiger partial charge on any atom is 0.261 e. The van der Waals surface area contributed by atoms with Gasteiger partial charge in [0, 0.05) is 11.6 Å². The van der Waals surface area contributed by atoms with E-state index in [2.05, 4.69) is 4.98 Å². The number of hydrogen-bond donors (Lipinski definition) is 0. The molecule has 4 rings (SSSR count). The zero-order valence-corrected chi connectivity index (χ0v) is 14.4. The summed E-state index contributed by atoms with van der Waals surface area (Å²) < 4.78 is 10.9. The summed E-state index contributed by atoms with van der Waals surface area (Å²) in [6.07, 6.45) is 1.64. The Balaban J connectivity index is 1.82. The van der Waals surface area contributed by atoms with Crippen LogP contribution in [0.5, 0.6) is 11.5 Å². The SMILES string of the molecule is COc1ccc(OC)c2c(CN3C(=O)c4ccccc4C3=O)nccc12. The number of ether oxygens (including phenoxy) is 2. The van der Waals surface area contributed by atoms with Gasteiger partial charge in [-0.2, -0.15) is 0 Å². The summed E-state index contributed by atoms with van der Waals surface area (Å²) in [7, 11) is 3.16. The third-order valence-corrected chi connectivity index (χ3v) is 4.55. The average molecular weight is 348 g/mol. The van der Waals surface area contributed by atoms with Crippen molar-refractivity contribution >= 4 is 22.6 Å². The number of pyridine rings is 1. The van der Waals surface area contributed by atoms with Crippen molar-refractivity contribution < 1.29 is 19.1 Å². The Kier molecular flexibility index (Phi) is 3.80. The molecule has 1 aliphatic heterocycles. The van der Waals surface area contributed by atoms with E-state index in [0.29, 0.717) is 28.3 Å². The molecule has 26 heavy (non-hydrogen) atoms. The van der Waals surface area contributed by atoms with E-state index in [1.165, 1.54) is 4.90 Å². The van der Waals surface area contributed by atoms with Crippen molar-refractivity contribution in [3.8, 4) is 11.5 Å². The summed E-state index contributed by atoms with van der Waals surface area (Å²) >= 11 is 0. The highest BCUT2D eigenvalue weighted by atomic mass is 16.5. The number of hydrogen-bond acceptors (Lipinski definition) is 5. The molecule has 2 amide bonds. The number of carbonyl (C=O) groups excluding carboxylic acids is 2. The fraction of sp³-hybridized carbons (Fsp3) is 0.150. The summed E-state index contributed by atoms with van der Waals surface area (Å²) in [5.41, 5.74) is 1.41. The van der Waals surface area contributed by atoms with Gasteiger partial charge in [-0.15, -0.1) is 0 Å². The van der Waals surface area contributed by atoms with E-state index in [1.807, 2.05) is 12.1 Å². The normalized spacial score (nSPS) is 13.2. The van der Waals surface area contributed by atoms with Gasteiger partial charge in [-0.25, -0.2) is 0 Å². The van der Waals surface area contributed by atoms with E-state index < -0.39 is 0 Å². The van der Waals surface area contributed by atoms with E-state index in [0.717, 1.165) is 10.8 Å². The summed E-state index contributed by atoms with van der Waals surface area (Å²) in [5.74, 6) is 0.657. The van der Waals surface area contributed by atoms with Gasteiger partial charge in [0.25, 0.3) is 11.8 Å². The molecule has 130 valence electrons. The number of fused-ring (bicyclic) bond motifs is 2. The Morgan fingerprint density at radius 3 is 2.12 bits per heavy atom. The second-order valence-electron chi connectivity index (χ2n) is 5.89. The standard InChI is InChI=1S/C20H16N2O4/c1-25-16-7-8-17(26-2)18-14(16)9-10-21-15(18)11-22-19(23)12-5-3-4-6-13(12)20(22)24/h3-10H,11H2,1-2H3. The van der Waals surface area contributed by atoms with E-state index in [4.69, 9.17) is 9.47 Å². The van der Waals surface area contributed by atoms with E-state index in [9.17, 15) is 9.59 Å². The number of methoxy groups -OCH3 is 2. The minimum absolute atomic E-state index is 0.0627. The molecule has 0 spiro atoms. The first-order chi connectivity index (χ1) is 12.7. The lowest BCUT2D eigenvalue weighted by Crippen LogP contribution is -2.29. The van der Waals surface area contributed by atoms with Crippen LogP contribution in [-0.4, -0.2) is 35.9 Å². The number of amides is 2. The van der Waals surface area contributed by atoms with E-state index in [-0.39, 0.29) is 18.4 Å². The van der Waals surface area contributed by atoms with Crippen LogP contribution in [0.3, 0.4) is 0 Å². The van der Waals surface area contributed by atoms with Crippen molar-refractivity contribution in [2.24, 2.45) is 0 Å². The van der Waals surface area contributed by atoms with Gasteiger partial charge in [-0.05, 0) is 30.3 Å². The maximum atomic E-state index is 12.6. The first-order valence-electron chi connectivity index (χ1n) is 8.09. The van der Waals surface area contributed by atoms with Gasteiger partial charge in [0.05, 0.1) is 43.0 Å². The highest BCUT2D eigenvalue weighted by Gasteiger charge is 2.35. The predicted octanol–water partition coefficient (Wildman–Crippen LogP) is 3.05. The van der Waals surface area contributed by atoms with E-state index in [1.54, 1.807) is 50.7 Å². The molecule has 0 aliphatic carbocycles.